The fraction of sp³-hybridized carbons (Fsp3) is 0.400. The number of pyridine rings is 1. The molecular formula is C20H24N4OS. The van der Waals surface area contributed by atoms with Gasteiger partial charge in [0.25, 0.3) is 5.91 Å². The van der Waals surface area contributed by atoms with Crippen LogP contribution in [0.2, 0.25) is 0 Å². The van der Waals surface area contributed by atoms with Crippen LogP contribution in [0.15, 0.2) is 48.7 Å². The minimum absolute atomic E-state index is 0.128. The molecule has 1 N–H and O–H groups in total. The van der Waals surface area contributed by atoms with E-state index in [9.17, 15) is 4.79 Å². The summed E-state index contributed by atoms with van der Waals surface area (Å²) in [6.45, 7) is 4.34. The van der Waals surface area contributed by atoms with Crippen molar-refractivity contribution < 1.29 is 4.79 Å². The molecule has 0 radical (unpaired) electrons. The highest BCUT2D eigenvalue weighted by atomic mass is 32.2. The summed E-state index contributed by atoms with van der Waals surface area (Å²) < 4.78 is 0. The summed E-state index contributed by atoms with van der Waals surface area (Å²) in [7, 11) is 0. The predicted molar refractivity (Wildman–Crippen MR) is 107 cm³/mol. The van der Waals surface area contributed by atoms with Crippen molar-refractivity contribution in [3.63, 3.8) is 0 Å². The minimum atomic E-state index is 0.128. The maximum atomic E-state index is 12.8. The number of carbonyl (C=O) groups is 1. The Morgan fingerprint density at radius 1 is 1.12 bits per heavy atom. The molecule has 2 saturated heterocycles. The Morgan fingerprint density at radius 3 is 2.73 bits per heavy atom. The molecule has 26 heavy (non-hydrogen) atoms. The van der Waals surface area contributed by atoms with E-state index in [1.165, 1.54) is 5.56 Å². The van der Waals surface area contributed by atoms with Crippen LogP contribution < -0.4 is 10.2 Å². The molecule has 0 bridgehead atoms. The van der Waals surface area contributed by atoms with E-state index in [1.54, 1.807) is 6.20 Å². The lowest BCUT2D eigenvalue weighted by atomic mass is 10.0. The number of nitrogens with one attached hydrogen (secondary N) is 1. The first kappa shape index (κ1) is 17.4. The second kappa shape index (κ2) is 8.10. The van der Waals surface area contributed by atoms with Gasteiger partial charge in [-0.15, -0.1) is 0 Å². The van der Waals surface area contributed by atoms with E-state index in [0.29, 0.717) is 0 Å². The summed E-state index contributed by atoms with van der Waals surface area (Å²) in [4.78, 5) is 21.6. The lowest BCUT2D eigenvalue weighted by molar-refractivity contribution is 0.0772. The van der Waals surface area contributed by atoms with Gasteiger partial charge in [0, 0.05) is 62.0 Å². The van der Waals surface area contributed by atoms with Gasteiger partial charge in [0.2, 0.25) is 0 Å². The van der Waals surface area contributed by atoms with E-state index in [0.717, 1.165) is 55.6 Å². The zero-order chi connectivity index (χ0) is 17.8. The fourth-order valence-electron chi connectivity index (χ4n) is 3.54. The van der Waals surface area contributed by atoms with Gasteiger partial charge in [-0.05, 0) is 17.7 Å². The van der Waals surface area contributed by atoms with Gasteiger partial charge in [0.05, 0.1) is 0 Å². The molecule has 1 aromatic carbocycles. The molecule has 3 heterocycles. The first-order chi connectivity index (χ1) is 12.8. The van der Waals surface area contributed by atoms with E-state index in [2.05, 4.69) is 39.5 Å². The number of hydrogen-bond donors (Lipinski definition) is 1. The Hall–Kier alpha value is -2.05. The van der Waals surface area contributed by atoms with E-state index in [-0.39, 0.29) is 11.9 Å². The van der Waals surface area contributed by atoms with Crippen molar-refractivity contribution in [1.29, 1.82) is 0 Å². The maximum Gasteiger partial charge on any atom is 0.254 e. The van der Waals surface area contributed by atoms with Crippen LogP contribution in [0.3, 0.4) is 0 Å². The van der Waals surface area contributed by atoms with Crippen LogP contribution in [-0.2, 0) is 0 Å². The fourth-order valence-corrected chi connectivity index (χ4v) is 4.44. The minimum Gasteiger partial charge on any atom is -0.353 e. The molecule has 2 aliphatic heterocycles. The summed E-state index contributed by atoms with van der Waals surface area (Å²) in [6.07, 6.45) is 1.76. The third kappa shape index (κ3) is 3.86. The van der Waals surface area contributed by atoms with Crippen molar-refractivity contribution in [1.82, 2.24) is 15.2 Å². The average Bonchev–Trinajstić information content (AvgIpc) is 2.75. The topological polar surface area (TPSA) is 48.5 Å². The van der Waals surface area contributed by atoms with Gasteiger partial charge in [-0.2, -0.15) is 11.8 Å². The third-order valence-electron chi connectivity index (χ3n) is 4.99. The molecule has 2 aliphatic rings. The van der Waals surface area contributed by atoms with Crippen LogP contribution in [0.5, 0.6) is 0 Å². The molecule has 136 valence electrons. The Labute approximate surface area is 158 Å². The first-order valence-corrected chi connectivity index (χ1v) is 10.3. The number of carbonyl (C=O) groups excluding carboxylic acids is 1. The Bertz CT molecular complexity index is 748. The zero-order valence-corrected chi connectivity index (χ0v) is 15.6. The lowest BCUT2D eigenvalue weighted by Gasteiger charge is -2.35. The summed E-state index contributed by atoms with van der Waals surface area (Å²) >= 11 is 1.91. The number of thioether (sulfide) groups is 1. The second-order valence-corrected chi connectivity index (χ2v) is 7.90. The molecule has 0 saturated carbocycles. The molecule has 5 nitrogen and oxygen atoms in total. The number of hydrogen-bond acceptors (Lipinski definition) is 5. The Balaban J connectivity index is 1.49. The van der Waals surface area contributed by atoms with Crippen molar-refractivity contribution in [2.24, 2.45) is 0 Å². The second-order valence-electron chi connectivity index (χ2n) is 6.67. The van der Waals surface area contributed by atoms with Crippen LogP contribution in [0.4, 0.5) is 5.82 Å². The predicted octanol–water partition coefficient (Wildman–Crippen LogP) is 2.42. The lowest BCUT2D eigenvalue weighted by Crippen LogP contribution is -2.46. The molecule has 6 heteroatoms. The van der Waals surface area contributed by atoms with Crippen molar-refractivity contribution >= 4 is 23.5 Å². The number of nitrogens with zero attached hydrogens (tertiary/aromatic N) is 3. The third-order valence-corrected chi connectivity index (χ3v) is 5.93. The largest absolute Gasteiger partial charge is 0.353 e. The maximum absolute atomic E-state index is 12.8. The molecule has 1 amide bonds. The van der Waals surface area contributed by atoms with Gasteiger partial charge in [0.15, 0.2) is 0 Å². The molecular weight excluding hydrogens is 344 g/mol. The molecule has 0 unspecified atom stereocenters. The van der Waals surface area contributed by atoms with Crippen LogP contribution in [0.1, 0.15) is 22.0 Å². The quantitative estimate of drug-likeness (QED) is 0.902. The number of rotatable bonds is 3. The van der Waals surface area contributed by atoms with Crippen molar-refractivity contribution in [3.05, 3.63) is 59.8 Å². The number of amides is 1. The number of benzene rings is 1. The SMILES string of the molecule is O=C(c1ccnc(N2CCN[C@H](c3ccccc3)C2)c1)N1CCSCC1. The average molecular weight is 369 g/mol. The number of aromatic nitrogens is 1. The molecule has 0 aliphatic carbocycles. The molecule has 2 aromatic rings. The van der Waals surface area contributed by atoms with Gasteiger partial charge in [0.1, 0.15) is 5.82 Å². The van der Waals surface area contributed by atoms with Gasteiger partial charge in [-0.25, -0.2) is 4.98 Å². The van der Waals surface area contributed by atoms with E-state index in [4.69, 9.17) is 0 Å². The first-order valence-electron chi connectivity index (χ1n) is 9.17. The Kier molecular flexibility index (Phi) is 5.41. The molecule has 2 fully saturated rings. The van der Waals surface area contributed by atoms with E-state index < -0.39 is 0 Å². The van der Waals surface area contributed by atoms with Gasteiger partial charge in [-0.3, -0.25) is 4.79 Å². The van der Waals surface area contributed by atoms with Gasteiger partial charge in [-0.1, -0.05) is 30.3 Å². The van der Waals surface area contributed by atoms with Crippen LogP contribution in [0, 0.1) is 0 Å². The van der Waals surface area contributed by atoms with Crippen LogP contribution >= 0.6 is 11.8 Å². The monoisotopic (exact) mass is 368 g/mol. The molecule has 0 spiro atoms. The van der Waals surface area contributed by atoms with Crippen molar-refractivity contribution in [2.75, 3.05) is 49.1 Å². The van der Waals surface area contributed by atoms with Crippen LogP contribution in [-0.4, -0.2) is 60.0 Å². The summed E-state index contributed by atoms with van der Waals surface area (Å²) in [5.41, 5.74) is 2.03. The normalized spacial score (nSPS) is 20.8. The highest BCUT2D eigenvalue weighted by molar-refractivity contribution is 7.99. The zero-order valence-electron chi connectivity index (χ0n) is 14.8. The van der Waals surface area contributed by atoms with E-state index in [1.807, 2.05) is 34.9 Å². The van der Waals surface area contributed by atoms with Gasteiger partial charge < -0.3 is 15.1 Å². The van der Waals surface area contributed by atoms with Crippen molar-refractivity contribution in [3.8, 4) is 0 Å². The van der Waals surface area contributed by atoms with Crippen LogP contribution in [0.25, 0.3) is 0 Å². The van der Waals surface area contributed by atoms with E-state index >= 15 is 0 Å². The Morgan fingerprint density at radius 2 is 1.92 bits per heavy atom. The summed E-state index contributed by atoms with van der Waals surface area (Å²) in [5.74, 6) is 3.08. The summed E-state index contributed by atoms with van der Waals surface area (Å²) in [6, 6.07) is 14.6. The number of piperazine rings is 1. The molecule has 4 rings (SSSR count). The smallest absolute Gasteiger partial charge is 0.254 e. The highest BCUT2D eigenvalue weighted by Gasteiger charge is 2.23. The standard InChI is InChI=1S/C20H24N4OS/c25-20(23-10-12-26-13-11-23)17-6-7-22-19(14-17)24-9-8-21-18(15-24)16-4-2-1-3-5-16/h1-7,14,18,21H,8-13,15H2/t18-/m0/s1. The molecule has 1 aromatic heterocycles. The summed E-state index contributed by atoms with van der Waals surface area (Å²) in [5, 5.41) is 3.58. The highest BCUT2D eigenvalue weighted by Crippen LogP contribution is 2.22. The number of anilines is 1. The molecule has 1 atom stereocenters. The van der Waals surface area contributed by atoms with Crippen molar-refractivity contribution in [2.45, 2.75) is 6.04 Å². The van der Waals surface area contributed by atoms with Gasteiger partial charge >= 0.3 is 0 Å².